The predicted octanol–water partition coefficient (Wildman–Crippen LogP) is 2.13. The highest BCUT2D eigenvalue weighted by atomic mass is 35.5. The molecule has 2 aromatic rings. The Labute approximate surface area is 139 Å². The third-order valence-corrected chi connectivity index (χ3v) is 7.68. The molecule has 0 saturated carbocycles. The van der Waals surface area contributed by atoms with Crippen LogP contribution in [0.15, 0.2) is 16.3 Å². The zero-order valence-electron chi connectivity index (χ0n) is 11.2. The molecule has 0 aliphatic carbocycles. The minimum Gasteiger partial charge on any atom is -0.492 e. The molecule has 0 bridgehead atoms. The molecule has 0 amide bonds. The molecule has 3 rings (SSSR count). The standard InChI is InChI=1S/C11H10ClFNO6PS2/c12-1-2-20-5-3-6(13)8-7(4-5)22-11-9(8)10(21(15,16)17)14-23(11,18)19/h3-4,10,14H,1-2H2,(H2,15,16,17). The van der Waals surface area contributed by atoms with Gasteiger partial charge in [0, 0.05) is 21.7 Å². The van der Waals surface area contributed by atoms with E-state index in [1.54, 1.807) is 0 Å². The number of halogens is 2. The van der Waals surface area contributed by atoms with Crippen molar-refractivity contribution in [2.24, 2.45) is 0 Å². The fraction of sp³-hybridized carbons (Fsp3) is 0.273. The van der Waals surface area contributed by atoms with E-state index in [-0.39, 0.29) is 38.1 Å². The highest BCUT2D eigenvalue weighted by Crippen LogP contribution is 2.58. The Morgan fingerprint density at radius 2 is 2.13 bits per heavy atom. The van der Waals surface area contributed by atoms with E-state index in [9.17, 15) is 27.2 Å². The summed E-state index contributed by atoms with van der Waals surface area (Å²) in [4.78, 5) is 18.7. The Morgan fingerprint density at radius 1 is 1.43 bits per heavy atom. The van der Waals surface area contributed by atoms with Gasteiger partial charge in [0.05, 0.1) is 5.88 Å². The Kier molecular flexibility index (Phi) is 4.21. The van der Waals surface area contributed by atoms with Crippen LogP contribution in [0, 0.1) is 5.82 Å². The number of hydrogen-bond acceptors (Lipinski definition) is 5. The van der Waals surface area contributed by atoms with Crippen LogP contribution in [0.5, 0.6) is 5.75 Å². The van der Waals surface area contributed by atoms with Crippen molar-refractivity contribution < 1.29 is 31.9 Å². The van der Waals surface area contributed by atoms with Crippen molar-refractivity contribution in [1.82, 2.24) is 4.72 Å². The van der Waals surface area contributed by atoms with Gasteiger partial charge in [0.1, 0.15) is 22.4 Å². The van der Waals surface area contributed by atoms with Crippen molar-refractivity contribution in [2.75, 3.05) is 12.5 Å². The number of hydrogen-bond donors (Lipinski definition) is 3. The first kappa shape index (κ1) is 17.1. The highest BCUT2D eigenvalue weighted by molar-refractivity contribution is 7.92. The summed E-state index contributed by atoms with van der Waals surface area (Å²) in [7, 11) is -8.94. The summed E-state index contributed by atoms with van der Waals surface area (Å²) in [6, 6.07) is 2.45. The van der Waals surface area contributed by atoms with E-state index in [0.29, 0.717) is 0 Å². The number of thiophene rings is 1. The van der Waals surface area contributed by atoms with E-state index < -0.39 is 29.2 Å². The summed E-state index contributed by atoms with van der Waals surface area (Å²) >= 11 is 6.21. The summed E-state index contributed by atoms with van der Waals surface area (Å²) < 4.78 is 57.0. The first-order valence-electron chi connectivity index (χ1n) is 6.17. The van der Waals surface area contributed by atoms with Gasteiger partial charge in [-0.05, 0) is 6.07 Å². The van der Waals surface area contributed by atoms with Crippen molar-refractivity contribution in [2.45, 2.75) is 9.99 Å². The Bertz CT molecular complexity index is 940. The molecule has 3 N–H and O–H groups in total. The van der Waals surface area contributed by atoms with E-state index in [1.807, 2.05) is 4.72 Å². The van der Waals surface area contributed by atoms with Crippen molar-refractivity contribution >= 4 is 50.6 Å². The molecule has 1 aromatic heterocycles. The summed E-state index contributed by atoms with van der Waals surface area (Å²) in [5, 5.41) is -0.134. The third-order valence-electron chi connectivity index (χ3n) is 3.19. The molecule has 7 nitrogen and oxygen atoms in total. The lowest BCUT2D eigenvalue weighted by Crippen LogP contribution is -2.20. The van der Waals surface area contributed by atoms with Gasteiger partial charge in [0.15, 0.2) is 5.78 Å². The SMILES string of the molecule is O=P(O)(O)C1NS(=O)(=O)c2sc3cc(OCCCl)cc(F)c3c21. The summed E-state index contributed by atoms with van der Waals surface area (Å²) in [6.07, 6.45) is 0. The molecule has 2 heterocycles. The lowest BCUT2D eigenvalue weighted by atomic mass is 10.1. The van der Waals surface area contributed by atoms with Crippen LogP contribution in [0.1, 0.15) is 11.3 Å². The average molecular weight is 402 g/mol. The fourth-order valence-corrected chi connectivity index (χ4v) is 7.05. The topological polar surface area (TPSA) is 113 Å². The van der Waals surface area contributed by atoms with Crippen LogP contribution in [-0.2, 0) is 14.6 Å². The van der Waals surface area contributed by atoms with Crippen LogP contribution >= 0.6 is 30.5 Å². The average Bonchev–Trinajstić information content (AvgIpc) is 2.92. The zero-order chi connectivity index (χ0) is 17.0. The van der Waals surface area contributed by atoms with E-state index in [0.717, 1.165) is 17.4 Å². The van der Waals surface area contributed by atoms with Gasteiger partial charge in [-0.3, -0.25) is 4.57 Å². The normalized spacial score (nSPS) is 19.9. The van der Waals surface area contributed by atoms with E-state index in [1.165, 1.54) is 6.07 Å². The number of nitrogens with one attached hydrogen (secondary N) is 1. The molecule has 0 saturated heterocycles. The highest BCUT2D eigenvalue weighted by Gasteiger charge is 2.47. The predicted molar refractivity (Wildman–Crippen MR) is 83.1 cm³/mol. The van der Waals surface area contributed by atoms with Crippen molar-refractivity contribution in [3.63, 3.8) is 0 Å². The molecule has 0 radical (unpaired) electrons. The number of ether oxygens (including phenoxy) is 1. The second kappa shape index (κ2) is 5.66. The van der Waals surface area contributed by atoms with Crippen LogP contribution in [0.2, 0.25) is 0 Å². The molecule has 1 aliphatic heterocycles. The summed E-state index contributed by atoms with van der Waals surface area (Å²) in [6.45, 7) is 0.141. The molecule has 126 valence electrons. The second-order valence-corrected chi connectivity index (χ2v) is 9.77. The fourth-order valence-electron chi connectivity index (χ4n) is 2.34. The van der Waals surface area contributed by atoms with E-state index in [4.69, 9.17) is 16.3 Å². The molecule has 1 aliphatic rings. The summed E-state index contributed by atoms with van der Waals surface area (Å²) in [5.74, 6) is -2.25. The smallest absolute Gasteiger partial charge is 0.347 e. The Morgan fingerprint density at radius 3 is 2.74 bits per heavy atom. The number of rotatable bonds is 4. The molecule has 0 fully saturated rings. The monoisotopic (exact) mass is 401 g/mol. The third kappa shape index (κ3) is 2.89. The second-order valence-electron chi connectivity index (χ2n) is 4.73. The van der Waals surface area contributed by atoms with Crippen molar-refractivity contribution in [1.29, 1.82) is 0 Å². The minimum absolute atomic E-state index is 0.134. The largest absolute Gasteiger partial charge is 0.492 e. The molecular formula is C11H10ClFNO6PS2. The Hall–Kier alpha value is -0.740. The van der Waals surface area contributed by atoms with Crippen molar-refractivity contribution in [3.8, 4) is 5.75 Å². The lowest BCUT2D eigenvalue weighted by Gasteiger charge is -2.13. The van der Waals surface area contributed by atoms with Gasteiger partial charge in [0.25, 0.3) is 10.0 Å². The quantitative estimate of drug-likeness (QED) is 0.534. The molecule has 12 heteroatoms. The molecule has 1 atom stereocenters. The lowest BCUT2D eigenvalue weighted by molar-refractivity contribution is 0.341. The maximum atomic E-state index is 14.4. The number of alkyl halides is 1. The first-order chi connectivity index (χ1) is 10.6. The van der Waals surface area contributed by atoms with Crippen LogP contribution in [0.4, 0.5) is 4.39 Å². The van der Waals surface area contributed by atoms with Gasteiger partial charge < -0.3 is 14.5 Å². The van der Waals surface area contributed by atoms with E-state index >= 15 is 0 Å². The van der Waals surface area contributed by atoms with Gasteiger partial charge >= 0.3 is 7.60 Å². The van der Waals surface area contributed by atoms with Crippen LogP contribution in [0.25, 0.3) is 10.1 Å². The first-order valence-corrected chi connectivity index (χ1v) is 10.7. The van der Waals surface area contributed by atoms with Crippen LogP contribution in [-0.4, -0.2) is 30.7 Å². The molecule has 0 spiro atoms. The van der Waals surface area contributed by atoms with Gasteiger partial charge in [-0.2, -0.15) is 4.72 Å². The number of sulfonamides is 1. The van der Waals surface area contributed by atoms with Gasteiger partial charge in [-0.25, -0.2) is 12.8 Å². The summed E-state index contributed by atoms with van der Waals surface area (Å²) in [5.41, 5.74) is -0.236. The van der Waals surface area contributed by atoms with Gasteiger partial charge in [-0.1, -0.05) is 0 Å². The molecule has 1 unspecified atom stereocenters. The van der Waals surface area contributed by atoms with Gasteiger partial charge in [-0.15, -0.1) is 22.9 Å². The Balaban J connectivity index is 2.26. The maximum Gasteiger partial charge on any atom is 0.347 e. The molecular weight excluding hydrogens is 392 g/mol. The van der Waals surface area contributed by atoms with Crippen molar-refractivity contribution in [3.05, 3.63) is 23.5 Å². The molecule has 1 aromatic carbocycles. The van der Waals surface area contributed by atoms with Gasteiger partial charge in [0.2, 0.25) is 0 Å². The maximum absolute atomic E-state index is 14.4. The van der Waals surface area contributed by atoms with Crippen LogP contribution < -0.4 is 9.46 Å². The number of fused-ring (bicyclic) bond motifs is 3. The molecule has 23 heavy (non-hydrogen) atoms. The zero-order valence-corrected chi connectivity index (χ0v) is 14.5. The minimum atomic E-state index is -4.85. The van der Waals surface area contributed by atoms with E-state index in [2.05, 4.69) is 0 Å². The van der Waals surface area contributed by atoms with Crippen LogP contribution in [0.3, 0.4) is 0 Å². The number of benzene rings is 1.